The number of carbonyl (C=O) groups is 1. The molecule has 0 bridgehead atoms. The van der Waals surface area contributed by atoms with Crippen LogP contribution < -0.4 is 4.90 Å². The summed E-state index contributed by atoms with van der Waals surface area (Å²) in [6, 6.07) is 16.3. The number of alkyl halides is 2. The molecule has 0 fully saturated rings. The molecule has 0 atom stereocenters. The molecule has 9 heteroatoms. The van der Waals surface area contributed by atoms with E-state index in [0.717, 1.165) is 11.3 Å². The molecule has 0 spiro atoms. The second kappa shape index (κ2) is 8.85. The van der Waals surface area contributed by atoms with Crippen LogP contribution in [0.15, 0.2) is 64.1 Å². The number of hydrogen-bond acceptors (Lipinski definition) is 5. The molecule has 0 N–H and O–H groups in total. The van der Waals surface area contributed by atoms with Gasteiger partial charge in [-0.2, -0.15) is 13.9 Å². The molecule has 0 saturated heterocycles. The monoisotopic (exact) mass is 385 g/mol. The van der Waals surface area contributed by atoms with Crippen molar-refractivity contribution in [2.45, 2.75) is 13.0 Å². The van der Waals surface area contributed by atoms with Gasteiger partial charge in [0.25, 0.3) is 5.89 Å². The van der Waals surface area contributed by atoms with Crippen LogP contribution in [-0.4, -0.2) is 35.0 Å². The van der Waals surface area contributed by atoms with Crippen LogP contribution >= 0.6 is 0 Å². The molecule has 0 aliphatic heterocycles. The van der Waals surface area contributed by atoms with Crippen LogP contribution in [0.4, 0.5) is 14.5 Å². The Kier molecular flexibility index (Phi) is 6.05. The molecule has 3 aromatic rings. The molecule has 1 amide bonds. The first-order chi connectivity index (χ1) is 13.6. The number of carbonyl (C=O) groups excluding carboxylic acids is 1. The van der Waals surface area contributed by atoms with Gasteiger partial charge < -0.3 is 9.32 Å². The normalized spacial score (nSPS) is 11.1. The number of anilines is 1. The van der Waals surface area contributed by atoms with Crippen molar-refractivity contribution in [1.82, 2.24) is 15.2 Å². The topological polar surface area (TPSA) is 74.8 Å². The smallest absolute Gasteiger partial charge is 0.314 e. The third-order valence-electron chi connectivity index (χ3n) is 3.83. The van der Waals surface area contributed by atoms with Crippen molar-refractivity contribution in [2.24, 2.45) is 5.10 Å². The fourth-order valence-corrected chi connectivity index (χ4v) is 2.36. The number of aromatic nitrogens is 2. The van der Waals surface area contributed by atoms with Gasteiger partial charge in [0.15, 0.2) is 0 Å². The van der Waals surface area contributed by atoms with Gasteiger partial charge in [0.05, 0.1) is 6.54 Å². The van der Waals surface area contributed by atoms with Gasteiger partial charge in [0.1, 0.15) is 6.34 Å². The highest BCUT2D eigenvalue weighted by molar-refractivity contribution is 5.78. The third kappa shape index (κ3) is 4.76. The van der Waals surface area contributed by atoms with Crippen LogP contribution in [0, 0.1) is 0 Å². The number of nitrogens with zero attached hydrogens (tertiary/aromatic N) is 5. The molecule has 7 nitrogen and oxygen atoms in total. The highest BCUT2D eigenvalue weighted by atomic mass is 19.3. The summed E-state index contributed by atoms with van der Waals surface area (Å²) in [6.07, 6.45) is -0.646. The number of amides is 1. The molecule has 0 unspecified atom stereocenters. The van der Waals surface area contributed by atoms with E-state index in [-0.39, 0.29) is 12.4 Å². The van der Waals surface area contributed by atoms with Gasteiger partial charge in [-0.3, -0.25) is 4.79 Å². The van der Waals surface area contributed by atoms with E-state index >= 15 is 0 Å². The van der Waals surface area contributed by atoms with E-state index < -0.39 is 12.3 Å². The van der Waals surface area contributed by atoms with E-state index in [9.17, 15) is 13.6 Å². The van der Waals surface area contributed by atoms with Crippen LogP contribution in [0.3, 0.4) is 0 Å². The third-order valence-corrected chi connectivity index (χ3v) is 3.83. The molecule has 0 radical (unpaired) electrons. The summed E-state index contributed by atoms with van der Waals surface area (Å²) in [4.78, 5) is 13.1. The van der Waals surface area contributed by atoms with Gasteiger partial charge in [-0.15, -0.1) is 10.2 Å². The lowest BCUT2D eigenvalue weighted by Crippen LogP contribution is -2.20. The standard InChI is InChI=1S/C19H17F2N5O2/c1-25(16-5-3-2-4-6-16)12-22-26(13-27)11-14-7-9-15(10-8-14)18-23-24-19(28-18)17(20)21/h2-10,12-13,17H,11H2,1H3/b22-12-. The maximum absolute atomic E-state index is 12.5. The molecule has 1 aromatic heterocycles. The summed E-state index contributed by atoms with van der Waals surface area (Å²) in [5, 5.41) is 12.3. The summed E-state index contributed by atoms with van der Waals surface area (Å²) >= 11 is 0. The van der Waals surface area contributed by atoms with Crippen molar-refractivity contribution in [1.29, 1.82) is 0 Å². The number of rotatable bonds is 8. The van der Waals surface area contributed by atoms with E-state index in [1.54, 1.807) is 35.5 Å². The van der Waals surface area contributed by atoms with Gasteiger partial charge in [-0.25, -0.2) is 5.01 Å². The maximum Gasteiger partial charge on any atom is 0.314 e. The molecule has 28 heavy (non-hydrogen) atoms. The van der Waals surface area contributed by atoms with E-state index in [1.807, 2.05) is 37.4 Å². The maximum atomic E-state index is 12.5. The Balaban J connectivity index is 1.64. The molecule has 1 heterocycles. The Bertz CT molecular complexity index is 929. The summed E-state index contributed by atoms with van der Waals surface area (Å²) in [5.41, 5.74) is 2.24. The zero-order valence-corrected chi connectivity index (χ0v) is 14.9. The van der Waals surface area contributed by atoms with Crippen LogP contribution in [0.5, 0.6) is 0 Å². The number of benzene rings is 2. The van der Waals surface area contributed by atoms with Crippen LogP contribution in [0.2, 0.25) is 0 Å². The predicted molar refractivity (Wildman–Crippen MR) is 99.6 cm³/mol. The zero-order chi connectivity index (χ0) is 19.9. The Hall–Kier alpha value is -3.62. The second-order valence-corrected chi connectivity index (χ2v) is 5.82. The van der Waals surface area contributed by atoms with E-state index in [0.29, 0.717) is 12.0 Å². The average molecular weight is 385 g/mol. The highest BCUT2D eigenvalue weighted by Gasteiger charge is 2.16. The summed E-state index contributed by atoms with van der Waals surface area (Å²) in [5.74, 6) is -0.709. The molecular weight excluding hydrogens is 368 g/mol. The highest BCUT2D eigenvalue weighted by Crippen LogP contribution is 2.23. The number of hydrazone groups is 1. The van der Waals surface area contributed by atoms with Gasteiger partial charge in [0.2, 0.25) is 12.3 Å². The first-order valence-corrected chi connectivity index (χ1v) is 8.31. The minimum Gasteiger partial charge on any atom is -0.415 e. The number of para-hydroxylation sites is 1. The first kappa shape index (κ1) is 19.2. The molecular formula is C19H17F2N5O2. The minimum absolute atomic E-state index is 0.0107. The molecule has 0 saturated carbocycles. The van der Waals surface area contributed by atoms with E-state index in [2.05, 4.69) is 15.3 Å². The molecule has 144 valence electrons. The molecule has 3 rings (SSSR count). The Morgan fingerprint density at radius 1 is 1.11 bits per heavy atom. The summed E-state index contributed by atoms with van der Waals surface area (Å²) in [6.45, 7) is 0.245. The lowest BCUT2D eigenvalue weighted by atomic mass is 10.1. The molecule has 0 aliphatic rings. The minimum atomic E-state index is -2.81. The van der Waals surface area contributed by atoms with Crippen molar-refractivity contribution in [3.8, 4) is 11.5 Å². The Morgan fingerprint density at radius 2 is 1.82 bits per heavy atom. The largest absolute Gasteiger partial charge is 0.415 e. The van der Waals surface area contributed by atoms with Crippen LogP contribution in [-0.2, 0) is 11.3 Å². The Morgan fingerprint density at radius 3 is 2.43 bits per heavy atom. The quantitative estimate of drug-likeness (QED) is 0.256. The zero-order valence-electron chi connectivity index (χ0n) is 14.9. The van der Waals surface area contributed by atoms with Crippen molar-refractivity contribution in [3.05, 3.63) is 66.1 Å². The number of hydrogen-bond donors (Lipinski definition) is 0. The van der Waals surface area contributed by atoms with Gasteiger partial charge in [-0.05, 0) is 29.8 Å². The van der Waals surface area contributed by atoms with Crippen molar-refractivity contribution in [2.75, 3.05) is 11.9 Å². The molecule has 2 aromatic carbocycles. The van der Waals surface area contributed by atoms with Gasteiger partial charge >= 0.3 is 6.43 Å². The van der Waals surface area contributed by atoms with E-state index in [1.165, 1.54) is 5.01 Å². The average Bonchev–Trinajstić information content (AvgIpc) is 3.22. The number of halogens is 2. The summed E-state index contributed by atoms with van der Waals surface area (Å²) < 4.78 is 30.0. The van der Waals surface area contributed by atoms with E-state index in [4.69, 9.17) is 4.42 Å². The Labute approximate surface area is 159 Å². The fraction of sp³-hybridized carbons (Fsp3) is 0.158. The van der Waals surface area contributed by atoms with Crippen molar-refractivity contribution >= 4 is 18.4 Å². The first-order valence-electron chi connectivity index (χ1n) is 8.31. The fourth-order valence-electron chi connectivity index (χ4n) is 2.36. The summed E-state index contributed by atoms with van der Waals surface area (Å²) in [7, 11) is 1.83. The lowest BCUT2D eigenvalue weighted by Gasteiger charge is -2.16. The van der Waals surface area contributed by atoms with Crippen molar-refractivity contribution in [3.63, 3.8) is 0 Å². The second-order valence-electron chi connectivity index (χ2n) is 5.82. The lowest BCUT2D eigenvalue weighted by molar-refractivity contribution is -0.118. The van der Waals surface area contributed by atoms with Gasteiger partial charge in [-0.1, -0.05) is 30.3 Å². The van der Waals surface area contributed by atoms with Gasteiger partial charge in [0, 0.05) is 18.3 Å². The predicted octanol–water partition coefficient (Wildman–Crippen LogP) is 3.71. The van der Waals surface area contributed by atoms with Crippen LogP contribution in [0.1, 0.15) is 17.9 Å². The van der Waals surface area contributed by atoms with Crippen LogP contribution in [0.25, 0.3) is 11.5 Å². The SMILES string of the molecule is CN(/C=N\N(C=O)Cc1ccc(-c2nnc(C(F)F)o2)cc1)c1ccccc1. The van der Waals surface area contributed by atoms with Crippen molar-refractivity contribution < 1.29 is 18.0 Å². The molecule has 0 aliphatic carbocycles.